The number of aromatic nitrogens is 1. The van der Waals surface area contributed by atoms with Crippen molar-refractivity contribution >= 4 is 17.3 Å². The highest BCUT2D eigenvalue weighted by atomic mass is 16.4. The number of piperazine rings is 1. The standard InChI is InChI=1S/C26H31N5O2/c1-18-23(27)12-11-22(26(32)33)25(18)31(16-21-10-6-7-13-28-21)19(2)30-15-14-29-24(17-30)20-8-4-3-5-9-20/h3-13,19,24,29H,14-17,27H2,1-2H3,(H,32,33). The molecule has 2 atom stereocenters. The number of benzene rings is 2. The Balaban J connectivity index is 1.71. The van der Waals surface area contributed by atoms with Gasteiger partial charge in [0.05, 0.1) is 29.7 Å². The minimum Gasteiger partial charge on any atom is -0.478 e. The fraction of sp³-hybridized carbons (Fsp3) is 0.308. The molecule has 3 aromatic rings. The molecule has 4 N–H and O–H groups in total. The maximum absolute atomic E-state index is 12.2. The summed E-state index contributed by atoms with van der Waals surface area (Å²) in [4.78, 5) is 21.2. The fourth-order valence-electron chi connectivity index (χ4n) is 4.54. The smallest absolute Gasteiger partial charge is 0.337 e. The van der Waals surface area contributed by atoms with Gasteiger partial charge >= 0.3 is 5.97 Å². The molecule has 2 unspecified atom stereocenters. The number of carbonyl (C=O) groups is 1. The van der Waals surface area contributed by atoms with Crippen molar-refractivity contribution in [2.45, 2.75) is 32.6 Å². The van der Waals surface area contributed by atoms with Crippen molar-refractivity contribution in [2.24, 2.45) is 0 Å². The van der Waals surface area contributed by atoms with Crippen molar-refractivity contribution in [3.8, 4) is 0 Å². The minimum atomic E-state index is -0.964. The van der Waals surface area contributed by atoms with Crippen LogP contribution in [-0.2, 0) is 6.54 Å². The van der Waals surface area contributed by atoms with Gasteiger partial charge in [0.2, 0.25) is 0 Å². The number of pyridine rings is 1. The van der Waals surface area contributed by atoms with Gasteiger partial charge in [-0.15, -0.1) is 0 Å². The summed E-state index contributed by atoms with van der Waals surface area (Å²) in [5.74, 6) is -0.964. The quantitative estimate of drug-likeness (QED) is 0.478. The van der Waals surface area contributed by atoms with Crippen molar-refractivity contribution in [3.63, 3.8) is 0 Å². The SMILES string of the molecule is Cc1c(N)ccc(C(=O)O)c1N(Cc1ccccn1)C(C)N1CCNC(c2ccccc2)C1. The number of anilines is 2. The average molecular weight is 446 g/mol. The number of carboxylic acids is 1. The Morgan fingerprint density at radius 2 is 1.97 bits per heavy atom. The van der Waals surface area contributed by atoms with Gasteiger partial charge in [0.15, 0.2) is 0 Å². The summed E-state index contributed by atoms with van der Waals surface area (Å²) in [5.41, 5.74) is 10.6. The number of nitrogens with one attached hydrogen (secondary N) is 1. The zero-order valence-corrected chi connectivity index (χ0v) is 19.1. The Labute approximate surface area is 194 Å². The second-order valence-electron chi connectivity index (χ2n) is 8.47. The molecule has 1 fully saturated rings. The number of nitrogens with two attached hydrogens (primary N) is 1. The van der Waals surface area contributed by atoms with E-state index >= 15 is 0 Å². The van der Waals surface area contributed by atoms with E-state index < -0.39 is 5.97 Å². The van der Waals surface area contributed by atoms with E-state index in [9.17, 15) is 9.90 Å². The Hall–Kier alpha value is -3.42. The molecule has 0 radical (unpaired) electrons. The third-order valence-electron chi connectivity index (χ3n) is 6.44. The van der Waals surface area contributed by atoms with Crippen molar-refractivity contribution in [3.05, 3.63) is 89.2 Å². The van der Waals surface area contributed by atoms with Crippen molar-refractivity contribution < 1.29 is 9.90 Å². The van der Waals surface area contributed by atoms with Crippen LogP contribution in [0.15, 0.2) is 66.9 Å². The molecule has 172 valence electrons. The van der Waals surface area contributed by atoms with E-state index in [-0.39, 0.29) is 17.8 Å². The van der Waals surface area contributed by atoms with Crippen LogP contribution in [0.3, 0.4) is 0 Å². The molecule has 33 heavy (non-hydrogen) atoms. The summed E-state index contributed by atoms with van der Waals surface area (Å²) in [6.45, 7) is 7.01. The lowest BCUT2D eigenvalue weighted by Gasteiger charge is -2.44. The molecule has 0 saturated carbocycles. The first-order chi connectivity index (χ1) is 16.0. The predicted molar refractivity (Wildman–Crippen MR) is 131 cm³/mol. The second kappa shape index (κ2) is 10.0. The van der Waals surface area contributed by atoms with Gasteiger partial charge in [-0.1, -0.05) is 36.4 Å². The van der Waals surface area contributed by atoms with E-state index in [0.29, 0.717) is 17.9 Å². The van der Waals surface area contributed by atoms with Gasteiger partial charge in [0.1, 0.15) is 0 Å². The Kier molecular flexibility index (Phi) is 6.91. The van der Waals surface area contributed by atoms with Crippen molar-refractivity contribution in [1.29, 1.82) is 0 Å². The largest absolute Gasteiger partial charge is 0.478 e. The third kappa shape index (κ3) is 4.99. The van der Waals surface area contributed by atoms with Crippen molar-refractivity contribution in [2.75, 3.05) is 30.3 Å². The van der Waals surface area contributed by atoms with Gasteiger partial charge in [-0.3, -0.25) is 9.88 Å². The number of hydrogen-bond acceptors (Lipinski definition) is 6. The van der Waals surface area contributed by atoms with E-state index in [2.05, 4.69) is 51.3 Å². The van der Waals surface area contributed by atoms with Crippen LogP contribution in [0.1, 0.15) is 40.1 Å². The molecule has 1 saturated heterocycles. The Morgan fingerprint density at radius 3 is 2.67 bits per heavy atom. The first-order valence-electron chi connectivity index (χ1n) is 11.3. The first kappa shape index (κ1) is 22.8. The van der Waals surface area contributed by atoms with E-state index in [1.165, 1.54) is 5.56 Å². The normalized spacial score (nSPS) is 17.5. The van der Waals surface area contributed by atoms with Crippen LogP contribution >= 0.6 is 0 Å². The number of nitrogens with zero attached hydrogens (tertiary/aromatic N) is 3. The van der Waals surface area contributed by atoms with Crippen LogP contribution in [0.4, 0.5) is 11.4 Å². The number of rotatable bonds is 7. The maximum Gasteiger partial charge on any atom is 0.337 e. The molecule has 1 aliphatic heterocycles. The van der Waals surface area contributed by atoms with Crippen LogP contribution < -0.4 is 16.0 Å². The fourth-order valence-corrected chi connectivity index (χ4v) is 4.54. The Bertz CT molecular complexity index is 1090. The molecule has 2 aromatic carbocycles. The molecule has 0 spiro atoms. The monoisotopic (exact) mass is 445 g/mol. The van der Waals surface area contributed by atoms with E-state index in [0.717, 1.165) is 30.9 Å². The summed E-state index contributed by atoms with van der Waals surface area (Å²) in [6, 6.07) is 19.7. The molecule has 1 aliphatic rings. The van der Waals surface area contributed by atoms with Gasteiger partial charge in [-0.2, -0.15) is 0 Å². The molecular formula is C26H31N5O2. The van der Waals surface area contributed by atoms with Crippen LogP contribution in [0.5, 0.6) is 0 Å². The summed E-state index contributed by atoms with van der Waals surface area (Å²) in [5, 5.41) is 13.6. The zero-order chi connectivity index (χ0) is 23.4. The van der Waals surface area contributed by atoms with Crippen LogP contribution in [0.2, 0.25) is 0 Å². The van der Waals surface area contributed by atoms with Gasteiger partial charge in [-0.25, -0.2) is 4.79 Å². The molecule has 0 amide bonds. The maximum atomic E-state index is 12.2. The summed E-state index contributed by atoms with van der Waals surface area (Å²) < 4.78 is 0. The Morgan fingerprint density at radius 1 is 1.21 bits per heavy atom. The van der Waals surface area contributed by atoms with Gasteiger partial charge in [-0.05, 0) is 49.2 Å². The number of nitrogen functional groups attached to an aromatic ring is 1. The summed E-state index contributed by atoms with van der Waals surface area (Å²) in [6.07, 6.45) is 1.69. The van der Waals surface area contributed by atoms with Gasteiger partial charge in [0, 0.05) is 37.6 Å². The summed E-state index contributed by atoms with van der Waals surface area (Å²) >= 11 is 0. The predicted octanol–water partition coefficient (Wildman–Crippen LogP) is 3.67. The summed E-state index contributed by atoms with van der Waals surface area (Å²) in [7, 11) is 0. The highest BCUT2D eigenvalue weighted by Crippen LogP contribution is 2.33. The first-order valence-corrected chi connectivity index (χ1v) is 11.3. The van der Waals surface area contributed by atoms with Crippen LogP contribution in [-0.4, -0.2) is 46.8 Å². The average Bonchev–Trinajstić information content (AvgIpc) is 2.85. The molecule has 2 heterocycles. The number of hydrogen-bond donors (Lipinski definition) is 3. The van der Waals surface area contributed by atoms with E-state index in [4.69, 9.17) is 5.73 Å². The second-order valence-corrected chi connectivity index (χ2v) is 8.47. The number of carboxylic acid groups (broad SMARTS) is 1. The molecular weight excluding hydrogens is 414 g/mol. The highest BCUT2D eigenvalue weighted by Gasteiger charge is 2.31. The minimum absolute atomic E-state index is 0.0704. The number of aromatic carboxylic acids is 1. The van der Waals surface area contributed by atoms with E-state index in [1.54, 1.807) is 18.3 Å². The van der Waals surface area contributed by atoms with Crippen molar-refractivity contribution in [1.82, 2.24) is 15.2 Å². The molecule has 7 heteroatoms. The lowest BCUT2D eigenvalue weighted by molar-refractivity contribution is 0.0696. The molecule has 0 aliphatic carbocycles. The highest BCUT2D eigenvalue weighted by molar-refractivity contribution is 5.96. The molecule has 1 aromatic heterocycles. The lowest BCUT2D eigenvalue weighted by Crippen LogP contribution is -2.55. The van der Waals surface area contributed by atoms with Crippen LogP contribution in [0, 0.1) is 6.92 Å². The van der Waals surface area contributed by atoms with Gasteiger partial charge in [0.25, 0.3) is 0 Å². The molecule has 7 nitrogen and oxygen atoms in total. The lowest BCUT2D eigenvalue weighted by atomic mass is 10.0. The molecule has 0 bridgehead atoms. The zero-order valence-electron chi connectivity index (χ0n) is 19.1. The third-order valence-corrected chi connectivity index (χ3v) is 6.44. The molecule has 4 rings (SSSR count). The topological polar surface area (TPSA) is 94.7 Å². The van der Waals surface area contributed by atoms with E-state index in [1.807, 2.05) is 31.2 Å². The van der Waals surface area contributed by atoms with Gasteiger partial charge < -0.3 is 21.1 Å². The van der Waals surface area contributed by atoms with Crippen LogP contribution in [0.25, 0.3) is 0 Å².